The summed E-state index contributed by atoms with van der Waals surface area (Å²) in [6.07, 6.45) is 3.02. The molecule has 0 radical (unpaired) electrons. The summed E-state index contributed by atoms with van der Waals surface area (Å²) in [5, 5.41) is 9.25. The molecule has 0 bridgehead atoms. The zero-order chi connectivity index (χ0) is 12.4. The third kappa shape index (κ3) is 2.78. The van der Waals surface area contributed by atoms with Gasteiger partial charge in [0, 0.05) is 25.3 Å². The molecule has 1 saturated heterocycles. The van der Waals surface area contributed by atoms with E-state index >= 15 is 0 Å². The third-order valence-electron chi connectivity index (χ3n) is 3.60. The van der Waals surface area contributed by atoms with E-state index in [4.69, 9.17) is 12.2 Å². The van der Waals surface area contributed by atoms with E-state index in [1.807, 2.05) is 4.57 Å². The van der Waals surface area contributed by atoms with Crippen LogP contribution in [0.3, 0.4) is 0 Å². The van der Waals surface area contributed by atoms with Crippen LogP contribution in [-0.4, -0.2) is 38.7 Å². The van der Waals surface area contributed by atoms with Crippen LogP contribution in [0.25, 0.3) is 0 Å². The second-order valence-electron chi connectivity index (χ2n) is 5.10. The number of likely N-dealkylation sites (tertiary alicyclic amines) is 1. The summed E-state index contributed by atoms with van der Waals surface area (Å²) in [5.74, 6) is 0.644. The number of imidazole rings is 1. The molecule has 96 valence electrons. The van der Waals surface area contributed by atoms with Crippen molar-refractivity contribution in [1.82, 2.24) is 14.5 Å². The van der Waals surface area contributed by atoms with Crippen molar-refractivity contribution in [3.05, 3.63) is 16.7 Å². The molecule has 2 N–H and O–H groups in total. The van der Waals surface area contributed by atoms with Crippen LogP contribution in [0, 0.1) is 10.7 Å². The van der Waals surface area contributed by atoms with E-state index in [0.717, 1.165) is 23.6 Å². The lowest BCUT2D eigenvalue weighted by molar-refractivity contribution is 0.252. The van der Waals surface area contributed by atoms with Crippen LogP contribution in [-0.2, 0) is 13.2 Å². The molecule has 0 amide bonds. The van der Waals surface area contributed by atoms with Crippen molar-refractivity contribution in [2.75, 3.05) is 13.1 Å². The van der Waals surface area contributed by atoms with Gasteiger partial charge in [0.15, 0.2) is 4.77 Å². The van der Waals surface area contributed by atoms with Crippen LogP contribution in [0.15, 0.2) is 6.20 Å². The van der Waals surface area contributed by atoms with Crippen molar-refractivity contribution in [3.8, 4) is 0 Å². The van der Waals surface area contributed by atoms with Gasteiger partial charge < -0.3 is 19.6 Å². The highest BCUT2D eigenvalue weighted by Crippen LogP contribution is 2.21. The lowest BCUT2D eigenvalue weighted by Crippen LogP contribution is -2.28. The average Bonchev–Trinajstić information content (AvgIpc) is 2.88. The minimum absolute atomic E-state index is 0.0494. The smallest absolute Gasteiger partial charge is 0.177 e. The first kappa shape index (κ1) is 12.8. The van der Waals surface area contributed by atoms with E-state index in [1.165, 1.54) is 13.0 Å². The Kier molecular flexibility index (Phi) is 4.01. The number of rotatable bonds is 4. The average molecular weight is 255 g/mol. The minimum Gasteiger partial charge on any atom is -0.390 e. The Labute approximate surface area is 107 Å². The first-order chi connectivity index (χ1) is 8.11. The second-order valence-corrected chi connectivity index (χ2v) is 5.48. The third-order valence-corrected chi connectivity index (χ3v) is 3.94. The van der Waals surface area contributed by atoms with Crippen molar-refractivity contribution in [1.29, 1.82) is 0 Å². The van der Waals surface area contributed by atoms with Gasteiger partial charge in [0.1, 0.15) is 0 Å². The van der Waals surface area contributed by atoms with Gasteiger partial charge >= 0.3 is 0 Å². The summed E-state index contributed by atoms with van der Waals surface area (Å²) in [5.41, 5.74) is 0.887. The Morgan fingerprint density at radius 2 is 2.35 bits per heavy atom. The predicted octanol–water partition coefficient (Wildman–Crippen LogP) is 1.77. The van der Waals surface area contributed by atoms with E-state index in [1.54, 1.807) is 6.20 Å². The van der Waals surface area contributed by atoms with Crippen molar-refractivity contribution in [2.45, 2.75) is 39.5 Å². The molecule has 0 aliphatic carbocycles. The van der Waals surface area contributed by atoms with Gasteiger partial charge in [-0.1, -0.05) is 0 Å². The maximum atomic E-state index is 9.25. The van der Waals surface area contributed by atoms with Gasteiger partial charge in [-0.2, -0.15) is 0 Å². The molecule has 1 aliphatic rings. The first-order valence-corrected chi connectivity index (χ1v) is 6.64. The maximum absolute atomic E-state index is 9.25. The van der Waals surface area contributed by atoms with E-state index in [9.17, 15) is 5.11 Å². The zero-order valence-corrected chi connectivity index (χ0v) is 11.3. The van der Waals surface area contributed by atoms with Crippen molar-refractivity contribution in [2.24, 2.45) is 5.92 Å². The van der Waals surface area contributed by atoms with Crippen LogP contribution < -0.4 is 0 Å². The predicted molar refractivity (Wildman–Crippen MR) is 70.4 cm³/mol. The van der Waals surface area contributed by atoms with Crippen LogP contribution >= 0.6 is 12.2 Å². The molecule has 2 heterocycles. The van der Waals surface area contributed by atoms with Crippen LogP contribution in [0.1, 0.15) is 26.0 Å². The molecule has 1 aromatic rings. The van der Waals surface area contributed by atoms with E-state index in [0.29, 0.717) is 12.0 Å². The highest BCUT2D eigenvalue weighted by Gasteiger charge is 2.24. The van der Waals surface area contributed by atoms with E-state index in [-0.39, 0.29) is 6.61 Å². The van der Waals surface area contributed by atoms with Crippen molar-refractivity contribution in [3.63, 3.8) is 0 Å². The number of nitrogens with zero attached hydrogens (tertiary/aromatic N) is 2. The molecule has 0 saturated carbocycles. The minimum atomic E-state index is 0.0494. The fourth-order valence-electron chi connectivity index (χ4n) is 2.50. The van der Waals surface area contributed by atoms with Crippen molar-refractivity contribution < 1.29 is 5.11 Å². The molecule has 5 heteroatoms. The summed E-state index contributed by atoms with van der Waals surface area (Å²) >= 11 is 5.24. The molecule has 1 atom stereocenters. The Bertz CT molecular complexity index is 424. The second kappa shape index (κ2) is 5.33. The molecule has 4 nitrogen and oxygen atoms in total. The van der Waals surface area contributed by atoms with Crippen LogP contribution in [0.5, 0.6) is 0 Å². The monoisotopic (exact) mass is 255 g/mol. The van der Waals surface area contributed by atoms with Gasteiger partial charge in [0.25, 0.3) is 0 Å². The molecule has 2 rings (SSSR count). The van der Waals surface area contributed by atoms with Gasteiger partial charge in [-0.15, -0.1) is 0 Å². The molecule has 1 fully saturated rings. The highest BCUT2D eigenvalue weighted by molar-refractivity contribution is 7.71. The number of aliphatic hydroxyl groups is 1. The van der Waals surface area contributed by atoms with E-state index < -0.39 is 0 Å². The molecule has 17 heavy (non-hydrogen) atoms. The molecule has 1 aliphatic heterocycles. The number of aromatic amines is 1. The van der Waals surface area contributed by atoms with Gasteiger partial charge in [0.05, 0.1) is 12.3 Å². The number of hydrogen-bond donors (Lipinski definition) is 2. The summed E-state index contributed by atoms with van der Waals surface area (Å²) in [6.45, 7) is 7.76. The first-order valence-electron chi connectivity index (χ1n) is 6.23. The van der Waals surface area contributed by atoms with E-state index in [2.05, 4.69) is 23.7 Å². The maximum Gasteiger partial charge on any atom is 0.177 e. The molecule has 0 aromatic carbocycles. The lowest BCUT2D eigenvalue weighted by Gasteiger charge is -2.20. The van der Waals surface area contributed by atoms with Crippen molar-refractivity contribution >= 4 is 12.2 Å². The Morgan fingerprint density at radius 1 is 1.59 bits per heavy atom. The topological polar surface area (TPSA) is 44.2 Å². The Balaban J connectivity index is 2.02. The van der Waals surface area contributed by atoms with Gasteiger partial charge in [-0.3, -0.25) is 0 Å². The summed E-state index contributed by atoms with van der Waals surface area (Å²) < 4.78 is 2.75. The molecule has 1 aromatic heterocycles. The van der Waals surface area contributed by atoms with Crippen LogP contribution in [0.2, 0.25) is 0 Å². The Morgan fingerprint density at radius 3 is 2.94 bits per heavy atom. The Hall–Kier alpha value is -0.650. The van der Waals surface area contributed by atoms with Gasteiger partial charge in [0.2, 0.25) is 0 Å². The SMILES string of the molecule is CC(C)N1CCC(Cn2c(CO)c[nH]c2=S)C1. The molecular formula is C12H21N3OS. The highest BCUT2D eigenvalue weighted by atomic mass is 32.1. The summed E-state index contributed by atoms with van der Waals surface area (Å²) in [6, 6.07) is 0.622. The van der Waals surface area contributed by atoms with Gasteiger partial charge in [-0.25, -0.2) is 0 Å². The fraction of sp³-hybridized carbons (Fsp3) is 0.750. The normalized spacial score (nSPS) is 21.5. The largest absolute Gasteiger partial charge is 0.390 e. The van der Waals surface area contributed by atoms with Crippen LogP contribution in [0.4, 0.5) is 0 Å². The number of H-pyrrole nitrogens is 1. The number of aliphatic hydroxyl groups excluding tert-OH is 1. The number of nitrogens with one attached hydrogen (secondary N) is 1. The quantitative estimate of drug-likeness (QED) is 0.806. The summed E-state index contributed by atoms with van der Waals surface area (Å²) in [4.78, 5) is 5.50. The molecule has 0 spiro atoms. The van der Waals surface area contributed by atoms with Gasteiger partial charge in [-0.05, 0) is 44.9 Å². The summed E-state index contributed by atoms with van der Waals surface area (Å²) in [7, 11) is 0. The zero-order valence-electron chi connectivity index (χ0n) is 10.5. The fourth-order valence-corrected chi connectivity index (χ4v) is 2.75. The molecular weight excluding hydrogens is 234 g/mol. The number of hydrogen-bond acceptors (Lipinski definition) is 3. The standard InChI is InChI=1S/C12H21N3OS/c1-9(2)14-4-3-10(6-14)7-15-11(8-16)5-13-12(15)17/h5,9-10,16H,3-4,6-8H2,1-2H3,(H,13,17). The molecule has 1 unspecified atom stereocenters. The lowest BCUT2D eigenvalue weighted by atomic mass is 10.1. The number of aromatic nitrogens is 2.